The Balaban J connectivity index is 2.14. The molecule has 5 nitrogen and oxygen atoms in total. The first kappa shape index (κ1) is 13.6. The minimum absolute atomic E-state index is 0.0827. The zero-order valence-corrected chi connectivity index (χ0v) is 11.6. The number of nitrogens with zero attached hydrogens (tertiary/aromatic N) is 2. The molecule has 1 fully saturated rings. The van der Waals surface area contributed by atoms with Gasteiger partial charge in [-0.3, -0.25) is 4.90 Å². The summed E-state index contributed by atoms with van der Waals surface area (Å²) >= 11 is 0. The summed E-state index contributed by atoms with van der Waals surface area (Å²) in [5.74, 6) is 1.13. The number of ether oxygens (including phenoxy) is 1. The van der Waals surface area contributed by atoms with E-state index in [9.17, 15) is 9.90 Å². The molecule has 5 heteroatoms. The summed E-state index contributed by atoms with van der Waals surface area (Å²) in [6.45, 7) is 6.13. The van der Waals surface area contributed by atoms with E-state index < -0.39 is 11.7 Å². The van der Waals surface area contributed by atoms with Gasteiger partial charge in [0, 0.05) is 6.54 Å². The normalized spacial score (nSPS) is 15.1. The van der Waals surface area contributed by atoms with Crippen LogP contribution in [-0.4, -0.2) is 28.3 Å². The van der Waals surface area contributed by atoms with E-state index in [1.54, 1.807) is 11.0 Å². The van der Waals surface area contributed by atoms with Crippen LogP contribution in [0.2, 0.25) is 0 Å². The van der Waals surface area contributed by atoms with Crippen LogP contribution in [0.15, 0.2) is 18.3 Å². The van der Waals surface area contributed by atoms with Crippen LogP contribution in [0.3, 0.4) is 0 Å². The first-order valence-electron chi connectivity index (χ1n) is 6.51. The number of carbonyl (C=O) groups excluding carboxylic acids is 1. The summed E-state index contributed by atoms with van der Waals surface area (Å²) in [7, 11) is 0. The van der Waals surface area contributed by atoms with Gasteiger partial charge in [0.15, 0.2) is 0 Å². The van der Waals surface area contributed by atoms with Gasteiger partial charge in [0.1, 0.15) is 17.2 Å². The van der Waals surface area contributed by atoms with Crippen LogP contribution in [0.1, 0.15) is 33.6 Å². The number of carbonyl (C=O) groups is 1. The van der Waals surface area contributed by atoms with Crippen molar-refractivity contribution in [2.45, 2.75) is 39.2 Å². The second-order valence-corrected chi connectivity index (χ2v) is 5.91. The number of hydrogen-bond acceptors (Lipinski definition) is 4. The van der Waals surface area contributed by atoms with Crippen molar-refractivity contribution in [1.29, 1.82) is 0 Å². The maximum Gasteiger partial charge on any atom is 0.416 e. The van der Waals surface area contributed by atoms with E-state index in [0.717, 1.165) is 12.8 Å². The van der Waals surface area contributed by atoms with Crippen molar-refractivity contribution in [1.82, 2.24) is 4.98 Å². The lowest BCUT2D eigenvalue weighted by atomic mass is 10.2. The van der Waals surface area contributed by atoms with E-state index in [2.05, 4.69) is 4.98 Å². The van der Waals surface area contributed by atoms with Crippen molar-refractivity contribution in [3.63, 3.8) is 0 Å². The Morgan fingerprint density at radius 2 is 2.16 bits per heavy atom. The molecule has 1 saturated carbocycles. The molecule has 0 saturated heterocycles. The number of amides is 1. The monoisotopic (exact) mass is 264 g/mol. The topological polar surface area (TPSA) is 62.7 Å². The molecular weight excluding hydrogens is 244 g/mol. The van der Waals surface area contributed by atoms with Gasteiger partial charge in [0.2, 0.25) is 0 Å². The lowest BCUT2D eigenvalue weighted by Crippen LogP contribution is -2.38. The highest BCUT2D eigenvalue weighted by Gasteiger charge is 2.31. The Morgan fingerprint density at radius 3 is 2.63 bits per heavy atom. The van der Waals surface area contributed by atoms with E-state index in [0.29, 0.717) is 18.3 Å². The Kier molecular flexibility index (Phi) is 3.64. The van der Waals surface area contributed by atoms with Gasteiger partial charge in [0.05, 0.1) is 6.20 Å². The van der Waals surface area contributed by atoms with Crippen molar-refractivity contribution in [3.8, 4) is 5.75 Å². The zero-order chi connectivity index (χ0) is 14.0. The van der Waals surface area contributed by atoms with Gasteiger partial charge in [-0.2, -0.15) is 0 Å². The van der Waals surface area contributed by atoms with Crippen molar-refractivity contribution in [2.24, 2.45) is 5.92 Å². The van der Waals surface area contributed by atoms with Crippen LogP contribution < -0.4 is 4.90 Å². The molecule has 0 aromatic carbocycles. The fourth-order valence-corrected chi connectivity index (χ4v) is 1.68. The number of anilines is 1. The molecule has 1 aromatic rings. The lowest BCUT2D eigenvalue weighted by Gasteiger charge is -2.26. The van der Waals surface area contributed by atoms with Crippen molar-refractivity contribution in [3.05, 3.63) is 18.3 Å². The average molecular weight is 264 g/mol. The molecule has 1 aliphatic rings. The predicted octanol–water partition coefficient (Wildman–Crippen LogP) is 2.94. The van der Waals surface area contributed by atoms with Crippen molar-refractivity contribution < 1.29 is 14.6 Å². The standard InChI is InChI=1S/C14H20N2O3/c1-14(2,3)19-13(18)16(9-10-4-5-10)12-7-6-11(17)8-15-12/h6-8,10,17H,4-5,9H2,1-3H3. The smallest absolute Gasteiger partial charge is 0.416 e. The van der Waals surface area contributed by atoms with E-state index in [-0.39, 0.29) is 5.75 Å². The molecule has 1 heterocycles. The Hall–Kier alpha value is -1.78. The first-order chi connectivity index (χ1) is 8.85. The molecule has 0 unspecified atom stereocenters. The van der Waals surface area contributed by atoms with E-state index in [4.69, 9.17) is 4.74 Å². The van der Waals surface area contributed by atoms with Crippen LogP contribution in [0.4, 0.5) is 10.6 Å². The maximum absolute atomic E-state index is 12.2. The largest absolute Gasteiger partial charge is 0.506 e. The molecule has 1 aromatic heterocycles. The van der Waals surface area contributed by atoms with Gasteiger partial charge in [-0.15, -0.1) is 0 Å². The third kappa shape index (κ3) is 4.12. The van der Waals surface area contributed by atoms with Gasteiger partial charge >= 0.3 is 6.09 Å². The third-order valence-corrected chi connectivity index (χ3v) is 2.76. The fourth-order valence-electron chi connectivity index (χ4n) is 1.68. The number of aromatic nitrogens is 1. The highest BCUT2D eigenvalue weighted by Crippen LogP contribution is 2.31. The van der Waals surface area contributed by atoms with Crippen LogP contribution in [0, 0.1) is 5.92 Å². The van der Waals surface area contributed by atoms with Crippen LogP contribution in [-0.2, 0) is 4.74 Å². The van der Waals surface area contributed by atoms with E-state index in [1.165, 1.54) is 12.3 Å². The van der Waals surface area contributed by atoms with Gasteiger partial charge in [-0.05, 0) is 51.7 Å². The molecule has 19 heavy (non-hydrogen) atoms. The van der Waals surface area contributed by atoms with Gasteiger partial charge in [0.25, 0.3) is 0 Å². The molecule has 0 bridgehead atoms. The van der Waals surface area contributed by atoms with Crippen LogP contribution in [0.5, 0.6) is 5.75 Å². The Labute approximate surface area is 113 Å². The zero-order valence-electron chi connectivity index (χ0n) is 11.6. The SMILES string of the molecule is CC(C)(C)OC(=O)N(CC1CC1)c1ccc(O)cn1. The van der Waals surface area contributed by atoms with Crippen molar-refractivity contribution >= 4 is 11.9 Å². The molecule has 0 radical (unpaired) electrons. The lowest BCUT2D eigenvalue weighted by molar-refractivity contribution is 0.0577. The maximum atomic E-state index is 12.2. The Morgan fingerprint density at radius 1 is 1.47 bits per heavy atom. The molecule has 1 N–H and O–H groups in total. The molecular formula is C14H20N2O3. The summed E-state index contributed by atoms with van der Waals surface area (Å²) in [6.07, 6.45) is 3.21. The van der Waals surface area contributed by atoms with Crippen LogP contribution >= 0.6 is 0 Å². The first-order valence-corrected chi connectivity index (χ1v) is 6.51. The molecule has 0 aliphatic heterocycles. The second kappa shape index (κ2) is 5.07. The van der Waals surface area contributed by atoms with E-state index in [1.807, 2.05) is 20.8 Å². The highest BCUT2D eigenvalue weighted by molar-refractivity contribution is 5.86. The third-order valence-electron chi connectivity index (χ3n) is 2.76. The fraction of sp³-hybridized carbons (Fsp3) is 0.571. The molecule has 0 atom stereocenters. The average Bonchev–Trinajstić information content (AvgIpc) is 3.08. The van der Waals surface area contributed by atoms with Crippen LogP contribution in [0.25, 0.3) is 0 Å². The van der Waals surface area contributed by atoms with Crippen molar-refractivity contribution in [2.75, 3.05) is 11.4 Å². The second-order valence-electron chi connectivity index (χ2n) is 5.91. The molecule has 0 spiro atoms. The summed E-state index contributed by atoms with van der Waals surface area (Å²) in [5, 5.41) is 9.26. The number of pyridine rings is 1. The summed E-state index contributed by atoms with van der Waals surface area (Å²) in [5.41, 5.74) is -0.532. The number of aromatic hydroxyl groups is 1. The predicted molar refractivity (Wildman–Crippen MR) is 72.2 cm³/mol. The highest BCUT2D eigenvalue weighted by atomic mass is 16.6. The number of rotatable bonds is 3. The summed E-state index contributed by atoms with van der Waals surface area (Å²) in [4.78, 5) is 17.8. The minimum Gasteiger partial charge on any atom is -0.506 e. The van der Waals surface area contributed by atoms with E-state index >= 15 is 0 Å². The minimum atomic E-state index is -0.532. The molecule has 1 amide bonds. The molecule has 2 rings (SSSR count). The quantitative estimate of drug-likeness (QED) is 0.911. The number of hydrogen-bond donors (Lipinski definition) is 1. The van der Waals surface area contributed by atoms with Gasteiger partial charge in [-0.25, -0.2) is 9.78 Å². The Bertz CT molecular complexity index is 447. The van der Waals surface area contributed by atoms with Gasteiger partial charge in [-0.1, -0.05) is 0 Å². The van der Waals surface area contributed by atoms with Gasteiger partial charge < -0.3 is 9.84 Å². The summed E-state index contributed by atoms with van der Waals surface area (Å²) < 4.78 is 5.40. The summed E-state index contributed by atoms with van der Waals surface area (Å²) in [6, 6.07) is 3.15. The molecule has 1 aliphatic carbocycles. The molecule has 104 valence electrons.